The molecule has 1 aromatic carbocycles. The zero-order valence-corrected chi connectivity index (χ0v) is 14.1. The summed E-state index contributed by atoms with van der Waals surface area (Å²) in [5, 5.41) is 0.745. The Balaban J connectivity index is 1.90. The van der Waals surface area contributed by atoms with Crippen LogP contribution in [0.2, 0.25) is 0 Å². The normalized spacial score (nSPS) is 16.8. The number of ether oxygens (including phenoxy) is 1. The molecule has 0 unspecified atom stereocenters. The summed E-state index contributed by atoms with van der Waals surface area (Å²) in [6.45, 7) is 1.28. The van der Waals surface area contributed by atoms with E-state index in [1.165, 1.54) is 15.5 Å². The van der Waals surface area contributed by atoms with Crippen molar-refractivity contribution in [1.29, 1.82) is 0 Å². The Hall–Kier alpha value is -1.12. The van der Waals surface area contributed by atoms with E-state index < -0.39 is 16.1 Å². The van der Waals surface area contributed by atoms with Gasteiger partial charge in [0.05, 0.1) is 6.26 Å². The molecular weight excluding hydrogens is 360 g/mol. The van der Waals surface area contributed by atoms with Crippen molar-refractivity contribution in [2.75, 3.05) is 32.4 Å². The van der Waals surface area contributed by atoms with Crippen molar-refractivity contribution < 1.29 is 17.9 Å². The molecule has 1 aliphatic heterocycles. The van der Waals surface area contributed by atoms with Crippen molar-refractivity contribution in [2.24, 2.45) is 0 Å². The molecular formula is C13H17BrN2O4S. The molecule has 0 N–H and O–H groups in total. The summed E-state index contributed by atoms with van der Waals surface area (Å²) in [5.74, 6) is 0.482. The van der Waals surface area contributed by atoms with E-state index in [9.17, 15) is 13.2 Å². The van der Waals surface area contributed by atoms with Crippen LogP contribution in [-0.2, 0) is 15.4 Å². The quantitative estimate of drug-likeness (QED) is 0.752. The van der Waals surface area contributed by atoms with Gasteiger partial charge >= 0.3 is 6.09 Å². The van der Waals surface area contributed by atoms with E-state index in [0.717, 1.165) is 10.9 Å². The van der Waals surface area contributed by atoms with Crippen LogP contribution in [0.5, 0.6) is 5.75 Å². The summed E-state index contributed by atoms with van der Waals surface area (Å²) >= 11 is 3.35. The van der Waals surface area contributed by atoms with Gasteiger partial charge in [-0.25, -0.2) is 13.2 Å². The molecule has 0 bridgehead atoms. The van der Waals surface area contributed by atoms with Crippen LogP contribution >= 0.6 is 15.9 Å². The monoisotopic (exact) mass is 376 g/mol. The maximum Gasteiger partial charge on any atom is 0.415 e. The third-order valence-electron chi connectivity index (χ3n) is 3.25. The first-order valence-corrected chi connectivity index (χ1v) is 9.44. The molecule has 0 aromatic heterocycles. The molecule has 2 rings (SSSR count). The van der Waals surface area contributed by atoms with E-state index in [-0.39, 0.29) is 0 Å². The highest BCUT2D eigenvalue weighted by Gasteiger charge is 2.26. The van der Waals surface area contributed by atoms with Gasteiger partial charge in [-0.1, -0.05) is 28.1 Å². The van der Waals surface area contributed by atoms with Crippen molar-refractivity contribution in [3.05, 3.63) is 29.8 Å². The van der Waals surface area contributed by atoms with Gasteiger partial charge in [0.15, 0.2) is 0 Å². The van der Waals surface area contributed by atoms with Gasteiger partial charge in [-0.05, 0) is 17.7 Å². The minimum absolute atomic E-state index is 0.302. The molecule has 1 heterocycles. The van der Waals surface area contributed by atoms with Crippen molar-refractivity contribution >= 4 is 32.0 Å². The lowest BCUT2D eigenvalue weighted by atomic mass is 10.2. The first-order chi connectivity index (χ1) is 9.90. The van der Waals surface area contributed by atoms with E-state index in [0.29, 0.717) is 31.9 Å². The fourth-order valence-corrected chi connectivity index (χ4v) is 3.21. The predicted octanol–water partition coefficient (Wildman–Crippen LogP) is 1.66. The zero-order valence-electron chi connectivity index (χ0n) is 11.7. The number of amides is 1. The van der Waals surface area contributed by atoms with Gasteiger partial charge in [-0.2, -0.15) is 4.31 Å². The molecule has 21 heavy (non-hydrogen) atoms. The van der Waals surface area contributed by atoms with E-state index in [2.05, 4.69) is 15.9 Å². The highest BCUT2D eigenvalue weighted by molar-refractivity contribution is 9.08. The Morgan fingerprint density at radius 3 is 2.24 bits per heavy atom. The minimum atomic E-state index is -3.19. The molecule has 1 fully saturated rings. The highest BCUT2D eigenvalue weighted by Crippen LogP contribution is 2.16. The van der Waals surface area contributed by atoms with Gasteiger partial charge < -0.3 is 9.64 Å². The predicted molar refractivity (Wildman–Crippen MR) is 83.1 cm³/mol. The molecule has 1 aliphatic rings. The molecule has 1 amide bonds. The number of alkyl halides is 1. The van der Waals surface area contributed by atoms with Crippen LogP contribution in [0.4, 0.5) is 4.79 Å². The lowest BCUT2D eigenvalue weighted by Crippen LogP contribution is -2.51. The van der Waals surface area contributed by atoms with Crippen LogP contribution in [0.1, 0.15) is 5.56 Å². The second-order valence-corrected chi connectivity index (χ2v) is 7.34. The maximum absolute atomic E-state index is 12.0. The Morgan fingerprint density at radius 1 is 1.19 bits per heavy atom. The van der Waals surface area contributed by atoms with Crippen molar-refractivity contribution in [3.63, 3.8) is 0 Å². The Labute approximate surface area is 132 Å². The van der Waals surface area contributed by atoms with Gasteiger partial charge in [0.1, 0.15) is 5.75 Å². The van der Waals surface area contributed by atoms with Crippen molar-refractivity contribution in [3.8, 4) is 5.75 Å². The number of carbonyl (C=O) groups excluding carboxylic acids is 1. The number of hydrogen-bond donors (Lipinski definition) is 0. The lowest BCUT2D eigenvalue weighted by molar-refractivity contribution is 0.133. The number of sulfonamides is 1. The van der Waals surface area contributed by atoms with Crippen molar-refractivity contribution in [1.82, 2.24) is 9.21 Å². The molecule has 0 spiro atoms. The van der Waals surface area contributed by atoms with Gasteiger partial charge in [0.2, 0.25) is 10.0 Å². The number of piperazine rings is 1. The van der Waals surface area contributed by atoms with E-state index >= 15 is 0 Å². The van der Waals surface area contributed by atoms with Crippen molar-refractivity contribution in [2.45, 2.75) is 5.33 Å². The second kappa shape index (κ2) is 6.76. The number of carbonyl (C=O) groups is 1. The van der Waals surface area contributed by atoms with E-state index in [1.807, 2.05) is 12.1 Å². The Kier molecular flexibility index (Phi) is 5.23. The Morgan fingerprint density at radius 2 is 1.76 bits per heavy atom. The molecule has 0 radical (unpaired) electrons. The minimum Gasteiger partial charge on any atom is -0.410 e. The summed E-state index contributed by atoms with van der Waals surface area (Å²) < 4.78 is 29.4. The standard InChI is InChI=1S/C13H17BrN2O4S/c1-21(18,19)16-8-6-15(7-9-16)13(17)20-12-4-2-11(10-14)3-5-12/h2-5H,6-10H2,1H3. The number of rotatable bonds is 3. The second-order valence-electron chi connectivity index (χ2n) is 4.79. The van der Waals surface area contributed by atoms with Crippen LogP contribution in [-0.4, -0.2) is 56.2 Å². The van der Waals surface area contributed by atoms with Gasteiger partial charge in [-0.15, -0.1) is 0 Å². The van der Waals surface area contributed by atoms with Crippen LogP contribution in [0.3, 0.4) is 0 Å². The lowest BCUT2D eigenvalue weighted by Gasteiger charge is -2.32. The molecule has 0 aliphatic carbocycles. The number of benzene rings is 1. The molecule has 1 aromatic rings. The number of halogens is 1. The topological polar surface area (TPSA) is 66.9 Å². The fraction of sp³-hybridized carbons (Fsp3) is 0.462. The van der Waals surface area contributed by atoms with Crippen LogP contribution in [0.25, 0.3) is 0 Å². The largest absolute Gasteiger partial charge is 0.415 e. The van der Waals surface area contributed by atoms with Gasteiger partial charge in [-0.3, -0.25) is 0 Å². The SMILES string of the molecule is CS(=O)(=O)N1CCN(C(=O)Oc2ccc(CBr)cc2)CC1. The number of hydrogen-bond acceptors (Lipinski definition) is 4. The maximum atomic E-state index is 12.0. The molecule has 8 heteroatoms. The van der Waals surface area contributed by atoms with Crippen LogP contribution < -0.4 is 4.74 Å². The number of nitrogens with zero attached hydrogens (tertiary/aromatic N) is 2. The average molecular weight is 377 g/mol. The smallest absolute Gasteiger partial charge is 0.410 e. The summed E-state index contributed by atoms with van der Waals surface area (Å²) in [6.07, 6.45) is 0.724. The molecule has 116 valence electrons. The summed E-state index contributed by atoms with van der Waals surface area (Å²) in [6, 6.07) is 7.22. The highest BCUT2D eigenvalue weighted by atomic mass is 79.9. The summed E-state index contributed by atoms with van der Waals surface area (Å²) in [7, 11) is -3.19. The molecule has 6 nitrogen and oxygen atoms in total. The first kappa shape index (κ1) is 16.3. The van der Waals surface area contributed by atoms with Gasteiger partial charge in [0, 0.05) is 31.5 Å². The first-order valence-electron chi connectivity index (χ1n) is 6.47. The Bertz CT molecular complexity index is 595. The zero-order chi connectivity index (χ0) is 15.5. The van der Waals surface area contributed by atoms with E-state index in [4.69, 9.17) is 4.74 Å². The third kappa shape index (κ3) is 4.42. The molecule has 0 atom stereocenters. The average Bonchev–Trinajstić information content (AvgIpc) is 2.47. The van der Waals surface area contributed by atoms with Crippen LogP contribution in [0, 0.1) is 0 Å². The molecule has 0 saturated carbocycles. The summed E-state index contributed by atoms with van der Waals surface area (Å²) in [4.78, 5) is 13.5. The fourth-order valence-electron chi connectivity index (χ4n) is 2.01. The summed E-state index contributed by atoms with van der Waals surface area (Å²) in [5.41, 5.74) is 1.09. The van der Waals surface area contributed by atoms with E-state index in [1.54, 1.807) is 12.1 Å². The van der Waals surface area contributed by atoms with Gasteiger partial charge in [0.25, 0.3) is 0 Å². The molecule has 1 saturated heterocycles. The third-order valence-corrected chi connectivity index (χ3v) is 5.20. The van der Waals surface area contributed by atoms with Crippen LogP contribution in [0.15, 0.2) is 24.3 Å².